The summed E-state index contributed by atoms with van der Waals surface area (Å²) in [7, 11) is 0. The van der Waals surface area contributed by atoms with E-state index in [1.165, 1.54) is 0 Å². The van der Waals surface area contributed by atoms with Gasteiger partial charge in [0.05, 0.1) is 0 Å². The number of rotatable bonds is 2. The minimum atomic E-state index is -0.261. The van der Waals surface area contributed by atoms with Gasteiger partial charge in [0.25, 0.3) is 0 Å². The fraction of sp³-hybridized carbons (Fsp3) is 0.571. The van der Waals surface area contributed by atoms with Gasteiger partial charge < -0.3 is 9.47 Å². The molecule has 0 atom stereocenters. The maximum absolute atomic E-state index is 5.94. The zero-order valence-electron chi connectivity index (χ0n) is 11.7. The van der Waals surface area contributed by atoms with Crippen LogP contribution in [0.25, 0.3) is 0 Å². The highest BCUT2D eigenvalue weighted by molar-refractivity contribution is 9.13. The highest BCUT2D eigenvalue weighted by Crippen LogP contribution is 2.39. The van der Waals surface area contributed by atoms with Gasteiger partial charge in [0.2, 0.25) is 0 Å². The number of benzene rings is 1. The summed E-state index contributed by atoms with van der Waals surface area (Å²) >= 11 is 6.97. The third-order valence-electron chi connectivity index (χ3n) is 1.82. The molecule has 102 valence electrons. The SMILES string of the molecule is CC(C)(C)Oc1cc(Br)c(Br)cc1OC(C)(C)C. The van der Waals surface area contributed by atoms with E-state index in [-0.39, 0.29) is 11.2 Å². The van der Waals surface area contributed by atoms with Gasteiger partial charge in [-0.2, -0.15) is 0 Å². The molecule has 0 unspecified atom stereocenters. The van der Waals surface area contributed by atoms with Gasteiger partial charge in [-0.15, -0.1) is 0 Å². The normalized spacial score (nSPS) is 12.4. The zero-order chi connectivity index (χ0) is 14.1. The Labute approximate surface area is 126 Å². The average Bonchev–Trinajstić information content (AvgIpc) is 2.08. The van der Waals surface area contributed by atoms with Crippen molar-refractivity contribution in [3.8, 4) is 11.5 Å². The van der Waals surface area contributed by atoms with Crippen molar-refractivity contribution in [3.05, 3.63) is 21.1 Å². The van der Waals surface area contributed by atoms with Gasteiger partial charge >= 0.3 is 0 Å². The van der Waals surface area contributed by atoms with E-state index < -0.39 is 0 Å². The van der Waals surface area contributed by atoms with E-state index in [2.05, 4.69) is 31.9 Å². The third-order valence-corrected chi connectivity index (χ3v) is 3.66. The van der Waals surface area contributed by atoms with Crippen LogP contribution in [-0.4, -0.2) is 11.2 Å². The molecule has 0 aromatic heterocycles. The molecule has 1 aromatic carbocycles. The Morgan fingerprint density at radius 1 is 0.722 bits per heavy atom. The first-order valence-corrected chi connectivity index (χ1v) is 7.44. The van der Waals surface area contributed by atoms with Gasteiger partial charge in [-0.25, -0.2) is 0 Å². The molecule has 0 aliphatic heterocycles. The first kappa shape index (κ1) is 15.8. The van der Waals surface area contributed by atoms with E-state index in [1.807, 2.05) is 53.7 Å². The van der Waals surface area contributed by atoms with Crippen LogP contribution in [0, 0.1) is 0 Å². The average molecular weight is 380 g/mol. The highest BCUT2D eigenvalue weighted by Gasteiger charge is 2.21. The predicted octanol–water partition coefficient (Wildman–Crippen LogP) is 5.57. The second kappa shape index (κ2) is 5.41. The lowest BCUT2D eigenvalue weighted by molar-refractivity contribution is 0.0956. The van der Waals surface area contributed by atoms with Crippen molar-refractivity contribution in [2.24, 2.45) is 0 Å². The van der Waals surface area contributed by atoms with Crippen molar-refractivity contribution in [1.29, 1.82) is 0 Å². The van der Waals surface area contributed by atoms with Crippen molar-refractivity contribution in [3.63, 3.8) is 0 Å². The monoisotopic (exact) mass is 378 g/mol. The van der Waals surface area contributed by atoms with Crippen LogP contribution in [0.1, 0.15) is 41.5 Å². The molecule has 18 heavy (non-hydrogen) atoms. The lowest BCUT2D eigenvalue weighted by Crippen LogP contribution is -2.26. The van der Waals surface area contributed by atoms with Gasteiger partial charge in [-0.05, 0) is 85.5 Å². The fourth-order valence-corrected chi connectivity index (χ4v) is 1.97. The standard InChI is InChI=1S/C14H20Br2O2/c1-13(2,3)17-11-7-9(15)10(16)8-12(11)18-14(4,5)6/h7-8H,1-6H3. The number of halogens is 2. The molecule has 0 N–H and O–H groups in total. The smallest absolute Gasteiger partial charge is 0.163 e. The van der Waals surface area contributed by atoms with Gasteiger partial charge in [0.15, 0.2) is 11.5 Å². The molecular formula is C14H20Br2O2. The molecule has 2 nitrogen and oxygen atoms in total. The van der Waals surface area contributed by atoms with E-state index in [4.69, 9.17) is 9.47 Å². The van der Waals surface area contributed by atoms with Crippen LogP contribution >= 0.6 is 31.9 Å². The van der Waals surface area contributed by atoms with Gasteiger partial charge in [0, 0.05) is 8.95 Å². The Bertz CT molecular complexity index is 388. The van der Waals surface area contributed by atoms with Crippen LogP contribution in [0.2, 0.25) is 0 Å². The molecular weight excluding hydrogens is 360 g/mol. The summed E-state index contributed by atoms with van der Waals surface area (Å²) < 4.78 is 13.8. The Balaban J connectivity index is 3.17. The second-order valence-electron chi connectivity index (χ2n) is 6.14. The van der Waals surface area contributed by atoms with Crippen LogP contribution < -0.4 is 9.47 Å². The molecule has 0 radical (unpaired) electrons. The second-order valence-corrected chi connectivity index (χ2v) is 7.85. The topological polar surface area (TPSA) is 18.5 Å². The molecule has 1 rings (SSSR count). The summed E-state index contributed by atoms with van der Waals surface area (Å²) in [5.74, 6) is 1.49. The van der Waals surface area contributed by atoms with Crippen LogP contribution in [-0.2, 0) is 0 Å². The molecule has 0 saturated carbocycles. The summed E-state index contributed by atoms with van der Waals surface area (Å²) in [6.45, 7) is 12.1. The van der Waals surface area contributed by atoms with E-state index in [0.717, 1.165) is 20.4 Å². The summed E-state index contributed by atoms with van der Waals surface area (Å²) in [5.41, 5.74) is -0.521. The fourth-order valence-electron chi connectivity index (χ4n) is 1.33. The van der Waals surface area contributed by atoms with Gasteiger partial charge in [-0.1, -0.05) is 0 Å². The van der Waals surface area contributed by atoms with Gasteiger partial charge in [0.1, 0.15) is 11.2 Å². The molecule has 0 bridgehead atoms. The zero-order valence-corrected chi connectivity index (χ0v) is 14.9. The van der Waals surface area contributed by atoms with Crippen molar-refractivity contribution in [2.45, 2.75) is 52.7 Å². The van der Waals surface area contributed by atoms with E-state index in [0.29, 0.717) is 0 Å². The Morgan fingerprint density at radius 3 is 1.22 bits per heavy atom. The van der Waals surface area contributed by atoms with Crippen molar-refractivity contribution in [1.82, 2.24) is 0 Å². The largest absolute Gasteiger partial charge is 0.484 e. The summed E-state index contributed by atoms with van der Waals surface area (Å²) in [4.78, 5) is 0. The maximum atomic E-state index is 5.94. The Hall–Kier alpha value is -0.220. The quantitative estimate of drug-likeness (QED) is 0.668. The van der Waals surface area contributed by atoms with Gasteiger partial charge in [-0.3, -0.25) is 0 Å². The predicted molar refractivity (Wildman–Crippen MR) is 82.6 cm³/mol. The number of hydrogen-bond donors (Lipinski definition) is 0. The number of hydrogen-bond acceptors (Lipinski definition) is 2. The third kappa shape index (κ3) is 5.19. The number of ether oxygens (including phenoxy) is 2. The van der Waals surface area contributed by atoms with Crippen molar-refractivity contribution >= 4 is 31.9 Å². The molecule has 0 heterocycles. The molecule has 0 fully saturated rings. The first-order valence-electron chi connectivity index (χ1n) is 5.85. The molecule has 1 aromatic rings. The minimum Gasteiger partial charge on any atom is -0.484 e. The molecule has 0 amide bonds. The summed E-state index contributed by atoms with van der Waals surface area (Å²) in [6, 6.07) is 3.85. The summed E-state index contributed by atoms with van der Waals surface area (Å²) in [5, 5.41) is 0. The molecule has 4 heteroatoms. The van der Waals surface area contributed by atoms with Crippen molar-refractivity contribution in [2.75, 3.05) is 0 Å². The van der Waals surface area contributed by atoms with Crippen LogP contribution in [0.4, 0.5) is 0 Å². The molecule has 0 saturated heterocycles. The maximum Gasteiger partial charge on any atom is 0.163 e. The summed E-state index contributed by atoms with van der Waals surface area (Å²) in [6.07, 6.45) is 0. The Kier molecular flexibility index (Phi) is 4.76. The van der Waals surface area contributed by atoms with Crippen LogP contribution in [0.3, 0.4) is 0 Å². The molecule has 0 aliphatic carbocycles. The lowest BCUT2D eigenvalue weighted by Gasteiger charge is -2.27. The first-order chi connectivity index (χ1) is 7.98. The molecule has 0 spiro atoms. The van der Waals surface area contributed by atoms with E-state index >= 15 is 0 Å². The highest BCUT2D eigenvalue weighted by atomic mass is 79.9. The van der Waals surface area contributed by atoms with E-state index in [1.54, 1.807) is 0 Å². The van der Waals surface area contributed by atoms with Crippen LogP contribution in [0.15, 0.2) is 21.1 Å². The van der Waals surface area contributed by atoms with E-state index in [9.17, 15) is 0 Å². The minimum absolute atomic E-state index is 0.261. The van der Waals surface area contributed by atoms with Crippen molar-refractivity contribution < 1.29 is 9.47 Å². The van der Waals surface area contributed by atoms with Crippen LogP contribution in [0.5, 0.6) is 11.5 Å². The molecule has 0 aliphatic rings. The Morgan fingerprint density at radius 2 is 1.00 bits per heavy atom. The lowest BCUT2D eigenvalue weighted by atomic mass is 10.1.